The number of ketones is 1. The van der Waals surface area contributed by atoms with Crippen LogP contribution in [-0.2, 0) is 19.9 Å². The molecule has 0 saturated carbocycles. The Bertz CT molecular complexity index is 475. The molecule has 1 aliphatic heterocycles. The number of hydrogen-bond acceptors (Lipinski definition) is 4. The van der Waals surface area contributed by atoms with E-state index in [0.29, 0.717) is 5.56 Å². The molecule has 0 fully saturated rings. The van der Waals surface area contributed by atoms with E-state index < -0.39 is 23.1 Å². The highest BCUT2D eigenvalue weighted by Crippen LogP contribution is 2.34. The number of ether oxygens (including phenoxy) is 1. The maximum atomic E-state index is 11.7. The molecule has 0 saturated heterocycles. The highest BCUT2D eigenvalue weighted by Gasteiger charge is 2.41. The molecule has 4 heteroatoms. The van der Waals surface area contributed by atoms with Gasteiger partial charge in [-0.2, -0.15) is 0 Å². The zero-order chi connectivity index (χ0) is 11.8. The van der Waals surface area contributed by atoms with Crippen LogP contribution >= 0.6 is 0 Å². The minimum absolute atomic E-state index is 0.391. The molecule has 0 unspecified atom stereocenters. The molecule has 0 aromatic heterocycles. The lowest BCUT2D eigenvalue weighted by Gasteiger charge is -2.24. The minimum atomic E-state index is -1.48. The van der Waals surface area contributed by atoms with Crippen molar-refractivity contribution in [1.82, 2.24) is 0 Å². The summed E-state index contributed by atoms with van der Waals surface area (Å²) in [5, 5.41) is 10.6. The highest BCUT2D eigenvalue weighted by atomic mass is 16.5. The SMILES string of the molecule is C[C@]1(c2ccccc2)OC(C(=O)[O-])=CC1=O. The summed E-state index contributed by atoms with van der Waals surface area (Å²) >= 11 is 0. The Morgan fingerprint density at radius 2 is 1.94 bits per heavy atom. The first kappa shape index (κ1) is 10.4. The van der Waals surface area contributed by atoms with Gasteiger partial charge >= 0.3 is 0 Å². The first-order chi connectivity index (χ1) is 7.54. The fourth-order valence-electron chi connectivity index (χ4n) is 1.61. The molecular formula is C12H9O4-. The quantitative estimate of drug-likeness (QED) is 0.706. The smallest absolute Gasteiger partial charge is 0.207 e. The Morgan fingerprint density at radius 3 is 2.44 bits per heavy atom. The Morgan fingerprint density at radius 1 is 1.31 bits per heavy atom. The molecule has 0 N–H and O–H groups in total. The molecule has 0 spiro atoms. The van der Waals surface area contributed by atoms with Crippen molar-refractivity contribution in [3.8, 4) is 0 Å². The van der Waals surface area contributed by atoms with Crippen LogP contribution in [-0.4, -0.2) is 11.8 Å². The number of aliphatic carboxylic acids is 1. The van der Waals surface area contributed by atoms with Gasteiger partial charge in [0.1, 0.15) is 11.7 Å². The average Bonchev–Trinajstić information content (AvgIpc) is 2.58. The normalized spacial score (nSPS) is 23.8. The van der Waals surface area contributed by atoms with Gasteiger partial charge in [-0.3, -0.25) is 4.79 Å². The number of carboxylic acid groups (broad SMARTS) is 1. The van der Waals surface area contributed by atoms with Gasteiger partial charge in [0.05, 0.1) is 0 Å². The molecule has 1 aromatic rings. The monoisotopic (exact) mass is 217 g/mol. The number of carbonyl (C=O) groups is 2. The number of carbonyl (C=O) groups excluding carboxylic acids is 2. The standard InChI is InChI=1S/C12H10O4/c1-12(8-5-3-2-4-6-8)10(13)7-9(16-12)11(14)15/h2-7H,1H3,(H,14,15)/p-1/t12-/m1/s1. The lowest BCUT2D eigenvalue weighted by atomic mass is 9.92. The van der Waals surface area contributed by atoms with Crippen LogP contribution in [0, 0.1) is 0 Å². The Balaban J connectivity index is 2.38. The topological polar surface area (TPSA) is 66.4 Å². The van der Waals surface area contributed by atoms with Crippen LogP contribution in [0.4, 0.5) is 0 Å². The molecule has 0 radical (unpaired) electrons. The molecular weight excluding hydrogens is 208 g/mol. The molecule has 1 aromatic carbocycles. The summed E-state index contributed by atoms with van der Waals surface area (Å²) < 4.78 is 5.16. The summed E-state index contributed by atoms with van der Waals surface area (Å²) in [6, 6.07) is 8.75. The summed E-state index contributed by atoms with van der Waals surface area (Å²) in [5.41, 5.74) is -0.635. The van der Waals surface area contributed by atoms with E-state index in [1.54, 1.807) is 30.3 Å². The van der Waals surface area contributed by atoms with Crippen LogP contribution < -0.4 is 5.11 Å². The Kier molecular flexibility index (Phi) is 2.27. The molecule has 0 amide bonds. The van der Waals surface area contributed by atoms with Gasteiger partial charge in [-0.25, -0.2) is 0 Å². The fraction of sp³-hybridized carbons (Fsp3) is 0.167. The second kappa shape index (κ2) is 3.48. The summed E-state index contributed by atoms with van der Waals surface area (Å²) in [7, 11) is 0. The van der Waals surface area contributed by atoms with Crippen LogP contribution in [0.1, 0.15) is 12.5 Å². The average molecular weight is 217 g/mol. The third-order valence-electron chi connectivity index (χ3n) is 2.57. The molecule has 1 atom stereocenters. The van der Waals surface area contributed by atoms with E-state index in [0.717, 1.165) is 6.08 Å². The predicted molar refractivity (Wildman–Crippen MR) is 53.0 cm³/mol. The van der Waals surface area contributed by atoms with Gasteiger partial charge in [0.15, 0.2) is 5.60 Å². The van der Waals surface area contributed by atoms with E-state index >= 15 is 0 Å². The van der Waals surface area contributed by atoms with Crippen LogP contribution in [0.15, 0.2) is 42.2 Å². The maximum Gasteiger partial charge on any atom is 0.207 e. The van der Waals surface area contributed by atoms with Gasteiger partial charge in [0.2, 0.25) is 5.78 Å². The molecule has 1 heterocycles. The number of hydrogen-bond donors (Lipinski definition) is 0. The van der Waals surface area contributed by atoms with Crippen LogP contribution in [0.2, 0.25) is 0 Å². The van der Waals surface area contributed by atoms with Gasteiger partial charge in [-0.15, -0.1) is 0 Å². The molecule has 1 aliphatic rings. The van der Waals surface area contributed by atoms with Crippen molar-refractivity contribution in [3.63, 3.8) is 0 Å². The van der Waals surface area contributed by atoms with Gasteiger partial charge in [0.25, 0.3) is 0 Å². The van der Waals surface area contributed by atoms with Gasteiger partial charge in [-0.05, 0) is 6.92 Å². The zero-order valence-corrected chi connectivity index (χ0v) is 8.60. The summed E-state index contributed by atoms with van der Waals surface area (Å²) in [4.78, 5) is 22.3. The first-order valence-corrected chi connectivity index (χ1v) is 4.76. The molecule has 16 heavy (non-hydrogen) atoms. The first-order valence-electron chi connectivity index (χ1n) is 4.76. The van der Waals surface area contributed by atoms with Crippen molar-refractivity contribution < 1.29 is 19.4 Å². The lowest BCUT2D eigenvalue weighted by Crippen LogP contribution is -2.32. The van der Waals surface area contributed by atoms with Crippen molar-refractivity contribution in [3.05, 3.63) is 47.7 Å². The largest absolute Gasteiger partial charge is 0.542 e. The molecule has 4 nitrogen and oxygen atoms in total. The minimum Gasteiger partial charge on any atom is -0.542 e. The Labute approximate surface area is 92.2 Å². The molecule has 0 aliphatic carbocycles. The van der Waals surface area contributed by atoms with Crippen molar-refractivity contribution in [1.29, 1.82) is 0 Å². The summed E-state index contributed by atoms with van der Waals surface area (Å²) in [6.07, 6.45) is 0.961. The number of benzene rings is 1. The second-order valence-electron chi connectivity index (χ2n) is 3.66. The van der Waals surface area contributed by atoms with E-state index in [2.05, 4.69) is 0 Å². The van der Waals surface area contributed by atoms with Gasteiger partial charge in [-0.1, -0.05) is 30.3 Å². The van der Waals surface area contributed by atoms with Crippen molar-refractivity contribution in [2.24, 2.45) is 0 Å². The molecule has 82 valence electrons. The summed E-state index contributed by atoms with van der Waals surface area (Å²) in [6.45, 7) is 1.54. The van der Waals surface area contributed by atoms with Crippen molar-refractivity contribution >= 4 is 11.8 Å². The van der Waals surface area contributed by atoms with Gasteiger partial charge in [0, 0.05) is 11.6 Å². The number of rotatable bonds is 2. The molecule has 0 bridgehead atoms. The van der Waals surface area contributed by atoms with E-state index in [-0.39, 0.29) is 0 Å². The second-order valence-corrected chi connectivity index (χ2v) is 3.66. The maximum absolute atomic E-state index is 11.7. The third kappa shape index (κ3) is 1.48. The van der Waals surface area contributed by atoms with E-state index in [9.17, 15) is 14.7 Å². The molecule has 2 rings (SSSR count). The summed E-state index contributed by atoms with van der Waals surface area (Å²) in [5.74, 6) is -2.29. The van der Waals surface area contributed by atoms with Crippen molar-refractivity contribution in [2.75, 3.05) is 0 Å². The van der Waals surface area contributed by atoms with Gasteiger partial charge < -0.3 is 14.6 Å². The predicted octanol–water partition coefficient (Wildman–Crippen LogP) is 0.135. The lowest BCUT2D eigenvalue weighted by molar-refractivity contribution is -0.304. The van der Waals surface area contributed by atoms with Crippen LogP contribution in [0.5, 0.6) is 0 Å². The highest BCUT2D eigenvalue weighted by molar-refractivity contribution is 6.05. The van der Waals surface area contributed by atoms with Crippen LogP contribution in [0.25, 0.3) is 0 Å². The van der Waals surface area contributed by atoms with Crippen LogP contribution in [0.3, 0.4) is 0 Å². The van der Waals surface area contributed by atoms with E-state index in [1.165, 1.54) is 6.92 Å². The third-order valence-corrected chi connectivity index (χ3v) is 2.57. The zero-order valence-electron chi connectivity index (χ0n) is 8.60. The van der Waals surface area contributed by atoms with Crippen molar-refractivity contribution in [2.45, 2.75) is 12.5 Å². The Hall–Kier alpha value is -2.10. The number of carboxylic acids is 1. The van der Waals surface area contributed by atoms with E-state index in [1.807, 2.05) is 0 Å². The van der Waals surface area contributed by atoms with E-state index in [4.69, 9.17) is 4.74 Å². The fourth-order valence-corrected chi connectivity index (χ4v) is 1.61.